The number of sulfone groups is 1. The highest BCUT2D eigenvalue weighted by Crippen LogP contribution is 2.25. The van der Waals surface area contributed by atoms with Gasteiger partial charge in [0, 0.05) is 18.6 Å². The van der Waals surface area contributed by atoms with Crippen molar-refractivity contribution in [2.75, 3.05) is 12.0 Å². The van der Waals surface area contributed by atoms with E-state index in [1.165, 1.54) is 46.7 Å². The first-order chi connectivity index (χ1) is 13.2. The van der Waals surface area contributed by atoms with Crippen LogP contribution in [0.25, 0.3) is 10.9 Å². The van der Waals surface area contributed by atoms with Crippen molar-refractivity contribution in [3.63, 3.8) is 0 Å². The molecule has 0 aliphatic heterocycles. The maximum absolute atomic E-state index is 13.4. The van der Waals surface area contributed by atoms with Gasteiger partial charge >= 0.3 is 0 Å². The molecule has 3 rings (SSSR count). The average molecular weight is 423 g/mol. The molecule has 148 valence electrons. The van der Waals surface area contributed by atoms with Crippen LogP contribution in [0.15, 0.2) is 57.3 Å². The lowest BCUT2D eigenvalue weighted by Gasteiger charge is -2.14. The number of thioether (sulfide) groups is 1. The van der Waals surface area contributed by atoms with Gasteiger partial charge in [0.05, 0.1) is 21.9 Å². The van der Waals surface area contributed by atoms with Gasteiger partial charge in [0.1, 0.15) is 5.82 Å². The smallest absolute Gasteiger partial charge is 0.262 e. The lowest BCUT2D eigenvalue weighted by atomic mass is 10.1. The van der Waals surface area contributed by atoms with Crippen molar-refractivity contribution < 1.29 is 17.9 Å². The van der Waals surface area contributed by atoms with Gasteiger partial charge in [0.15, 0.2) is 15.0 Å². The van der Waals surface area contributed by atoms with Crippen LogP contribution >= 0.6 is 11.8 Å². The fraction of sp³-hybridized carbons (Fsp3) is 0.263. The van der Waals surface area contributed by atoms with Crippen molar-refractivity contribution >= 4 is 32.5 Å². The minimum Gasteiger partial charge on any atom is -0.388 e. The van der Waals surface area contributed by atoms with Crippen molar-refractivity contribution in [3.05, 3.63) is 64.2 Å². The summed E-state index contributed by atoms with van der Waals surface area (Å²) in [6, 6.07) is 9.89. The van der Waals surface area contributed by atoms with Crippen LogP contribution in [0.5, 0.6) is 0 Å². The molecule has 9 heteroatoms. The Hall–Kier alpha value is -2.23. The summed E-state index contributed by atoms with van der Waals surface area (Å²) < 4.78 is 37.9. The SMILES string of the molecule is CCn1c(SCC(O)c2ccc(S(C)(=O)=O)cc2)nc2ccc(F)cc2c1=O. The molecule has 1 heterocycles. The van der Waals surface area contributed by atoms with Crippen LogP contribution < -0.4 is 5.56 Å². The molecule has 0 fully saturated rings. The molecule has 0 aliphatic rings. The molecule has 6 nitrogen and oxygen atoms in total. The largest absolute Gasteiger partial charge is 0.388 e. The van der Waals surface area contributed by atoms with Gasteiger partial charge in [-0.15, -0.1) is 0 Å². The molecule has 0 saturated carbocycles. The number of fused-ring (bicyclic) bond motifs is 1. The van der Waals surface area contributed by atoms with E-state index in [2.05, 4.69) is 4.98 Å². The lowest BCUT2D eigenvalue weighted by Crippen LogP contribution is -2.23. The van der Waals surface area contributed by atoms with E-state index in [-0.39, 0.29) is 21.6 Å². The number of aromatic nitrogens is 2. The maximum Gasteiger partial charge on any atom is 0.262 e. The molecular weight excluding hydrogens is 403 g/mol. The van der Waals surface area contributed by atoms with Crippen LogP contribution in [0.4, 0.5) is 4.39 Å². The second-order valence-corrected chi connectivity index (χ2v) is 9.28. The number of benzene rings is 2. The van der Waals surface area contributed by atoms with Crippen molar-refractivity contribution in [2.24, 2.45) is 0 Å². The number of rotatable bonds is 6. The average Bonchev–Trinajstić information content (AvgIpc) is 2.66. The molecule has 1 N–H and O–H groups in total. The predicted molar refractivity (Wildman–Crippen MR) is 107 cm³/mol. The Bertz CT molecular complexity index is 1170. The molecule has 0 amide bonds. The van der Waals surface area contributed by atoms with E-state index in [4.69, 9.17) is 0 Å². The highest BCUT2D eigenvalue weighted by Gasteiger charge is 2.15. The monoisotopic (exact) mass is 422 g/mol. The summed E-state index contributed by atoms with van der Waals surface area (Å²) in [5.74, 6) is -0.278. The molecule has 3 aromatic rings. The van der Waals surface area contributed by atoms with Gasteiger partial charge in [-0.2, -0.15) is 0 Å². The molecular formula is C19H19FN2O4S2. The first-order valence-corrected chi connectivity index (χ1v) is 11.4. The highest BCUT2D eigenvalue weighted by molar-refractivity contribution is 7.99. The summed E-state index contributed by atoms with van der Waals surface area (Å²) >= 11 is 1.21. The van der Waals surface area contributed by atoms with Crippen LogP contribution in [0.2, 0.25) is 0 Å². The number of hydrogen-bond donors (Lipinski definition) is 1. The molecule has 1 unspecified atom stereocenters. The quantitative estimate of drug-likeness (QED) is 0.485. The molecule has 0 radical (unpaired) electrons. The van der Waals surface area contributed by atoms with Gasteiger partial charge in [0.2, 0.25) is 0 Å². The van der Waals surface area contributed by atoms with E-state index in [0.29, 0.717) is 22.8 Å². The molecule has 0 spiro atoms. The summed E-state index contributed by atoms with van der Waals surface area (Å²) in [5.41, 5.74) is 0.625. The zero-order chi connectivity index (χ0) is 20.5. The minimum absolute atomic E-state index is 0.180. The minimum atomic E-state index is -3.30. The summed E-state index contributed by atoms with van der Waals surface area (Å²) in [6.07, 6.45) is 0.250. The van der Waals surface area contributed by atoms with Crippen molar-refractivity contribution in [1.82, 2.24) is 9.55 Å². The molecule has 1 aromatic heterocycles. The highest BCUT2D eigenvalue weighted by atomic mass is 32.2. The zero-order valence-electron chi connectivity index (χ0n) is 15.3. The molecule has 0 aliphatic carbocycles. The van der Waals surface area contributed by atoms with Crippen molar-refractivity contribution in [2.45, 2.75) is 29.6 Å². The lowest BCUT2D eigenvalue weighted by molar-refractivity contribution is 0.204. The van der Waals surface area contributed by atoms with E-state index in [1.54, 1.807) is 19.1 Å². The van der Waals surface area contributed by atoms with Crippen LogP contribution in [0, 0.1) is 5.82 Å². The third-order valence-corrected chi connectivity index (χ3v) is 6.44. The molecule has 1 atom stereocenters. The second kappa shape index (κ2) is 8.02. The Morgan fingerprint density at radius 1 is 1.21 bits per heavy atom. The Kier molecular flexibility index (Phi) is 5.87. The van der Waals surface area contributed by atoms with Gasteiger partial charge in [0.25, 0.3) is 5.56 Å². The molecule has 0 bridgehead atoms. The number of aliphatic hydroxyl groups is 1. The third kappa shape index (κ3) is 4.26. The predicted octanol–water partition coefficient (Wildman–Crippen LogP) is 2.78. The number of halogens is 1. The van der Waals surface area contributed by atoms with Crippen LogP contribution in [0.1, 0.15) is 18.6 Å². The van der Waals surface area contributed by atoms with Crippen molar-refractivity contribution in [3.8, 4) is 0 Å². The van der Waals surface area contributed by atoms with Gasteiger partial charge < -0.3 is 5.11 Å². The topological polar surface area (TPSA) is 89.3 Å². The van der Waals surface area contributed by atoms with E-state index < -0.39 is 21.8 Å². The van der Waals surface area contributed by atoms with E-state index in [0.717, 1.165) is 6.26 Å². The summed E-state index contributed by atoms with van der Waals surface area (Å²) in [7, 11) is -3.30. The molecule has 28 heavy (non-hydrogen) atoms. The number of aliphatic hydroxyl groups excluding tert-OH is 1. The number of nitrogens with zero attached hydrogens (tertiary/aromatic N) is 2. The Morgan fingerprint density at radius 2 is 1.89 bits per heavy atom. The van der Waals surface area contributed by atoms with E-state index in [1.807, 2.05) is 0 Å². The van der Waals surface area contributed by atoms with E-state index >= 15 is 0 Å². The van der Waals surface area contributed by atoms with Crippen LogP contribution in [-0.4, -0.2) is 35.1 Å². The van der Waals surface area contributed by atoms with Gasteiger partial charge in [-0.3, -0.25) is 9.36 Å². The van der Waals surface area contributed by atoms with Crippen LogP contribution in [-0.2, 0) is 16.4 Å². The number of hydrogen-bond acceptors (Lipinski definition) is 6. The van der Waals surface area contributed by atoms with Gasteiger partial charge in [-0.05, 0) is 42.8 Å². The van der Waals surface area contributed by atoms with Crippen molar-refractivity contribution in [1.29, 1.82) is 0 Å². The van der Waals surface area contributed by atoms with Crippen LogP contribution in [0.3, 0.4) is 0 Å². The fourth-order valence-electron chi connectivity index (χ4n) is 2.75. The Morgan fingerprint density at radius 3 is 2.50 bits per heavy atom. The molecule has 2 aromatic carbocycles. The summed E-state index contributed by atoms with van der Waals surface area (Å²) in [6.45, 7) is 2.15. The summed E-state index contributed by atoms with van der Waals surface area (Å²) in [4.78, 5) is 17.2. The molecule has 0 saturated heterocycles. The first-order valence-electron chi connectivity index (χ1n) is 8.51. The standard InChI is InChI=1S/C19H19FN2O4S2/c1-3-22-18(24)15-10-13(20)6-9-16(15)21-19(22)27-11-17(23)12-4-7-14(8-5-12)28(2,25)26/h4-10,17,23H,3,11H2,1-2H3. The third-order valence-electron chi connectivity index (χ3n) is 4.26. The van der Waals surface area contributed by atoms with Gasteiger partial charge in [-0.1, -0.05) is 23.9 Å². The normalized spacial score (nSPS) is 13.0. The zero-order valence-corrected chi connectivity index (χ0v) is 16.9. The van der Waals surface area contributed by atoms with E-state index in [9.17, 15) is 22.7 Å². The maximum atomic E-state index is 13.4. The second-order valence-electron chi connectivity index (χ2n) is 6.27. The Balaban J connectivity index is 1.85. The first kappa shape index (κ1) is 20.5. The Labute approximate surface area is 166 Å². The fourth-order valence-corrected chi connectivity index (χ4v) is 4.41. The summed E-state index contributed by atoms with van der Waals surface area (Å²) in [5, 5.41) is 11.1. The van der Waals surface area contributed by atoms with Gasteiger partial charge in [-0.25, -0.2) is 17.8 Å².